The van der Waals surface area contributed by atoms with Gasteiger partial charge in [-0.05, 0) is 56.0 Å². The number of hydrogen-bond acceptors (Lipinski definition) is 5. The van der Waals surface area contributed by atoms with Crippen LogP contribution in [0, 0.1) is 5.82 Å². The minimum absolute atomic E-state index is 0.168. The lowest BCUT2D eigenvalue weighted by Crippen LogP contribution is -2.37. The molecule has 1 N–H and O–H groups in total. The van der Waals surface area contributed by atoms with Gasteiger partial charge in [0.2, 0.25) is 10.0 Å². The summed E-state index contributed by atoms with van der Waals surface area (Å²) in [5.41, 5.74) is -0.374. The van der Waals surface area contributed by atoms with Crippen molar-refractivity contribution in [3.05, 3.63) is 59.9 Å². The summed E-state index contributed by atoms with van der Waals surface area (Å²) in [5, 5.41) is 2.60. The second kappa shape index (κ2) is 9.61. The molecule has 1 saturated heterocycles. The van der Waals surface area contributed by atoms with Crippen molar-refractivity contribution in [1.29, 1.82) is 0 Å². The first-order valence-electron chi connectivity index (χ1n) is 11.2. The molecule has 1 amide bonds. The van der Waals surface area contributed by atoms with Crippen LogP contribution in [0.15, 0.2) is 53.4 Å². The number of nitrogens with one attached hydrogen (secondary N) is 1. The van der Waals surface area contributed by atoms with Gasteiger partial charge in [-0.15, -0.1) is 0 Å². The van der Waals surface area contributed by atoms with Crippen molar-refractivity contribution in [3.8, 4) is 0 Å². The summed E-state index contributed by atoms with van der Waals surface area (Å²) in [6.45, 7) is 0.518. The summed E-state index contributed by atoms with van der Waals surface area (Å²) in [6, 6.07) is 12.1. The first-order valence-corrected chi connectivity index (χ1v) is 12.6. The molecule has 4 rings (SSSR count). The Kier molecular flexibility index (Phi) is 6.81. The van der Waals surface area contributed by atoms with Gasteiger partial charge in [0.1, 0.15) is 5.82 Å². The minimum atomic E-state index is -3.53. The highest BCUT2D eigenvalue weighted by Crippen LogP contribution is 2.43. The number of benzene rings is 2. The summed E-state index contributed by atoms with van der Waals surface area (Å²) in [5.74, 6) is -1.61. The molecule has 0 radical (unpaired) electrons. The predicted molar refractivity (Wildman–Crippen MR) is 121 cm³/mol. The SMILES string of the molecule is O=C(COC(=O)C1(c2ccccc2F)CCCC1)Nc1ccc(S(=O)(=O)N2CCCC2)cc1. The highest BCUT2D eigenvalue weighted by Gasteiger charge is 2.46. The number of nitrogens with zero attached hydrogens (tertiary/aromatic N) is 1. The zero-order valence-electron chi connectivity index (χ0n) is 18.3. The van der Waals surface area contributed by atoms with Crippen molar-refractivity contribution in [2.75, 3.05) is 25.0 Å². The first kappa shape index (κ1) is 23.4. The maximum Gasteiger partial charge on any atom is 0.317 e. The maximum atomic E-state index is 14.4. The molecular formula is C24H27FN2O5S. The minimum Gasteiger partial charge on any atom is -0.455 e. The van der Waals surface area contributed by atoms with Crippen LogP contribution in [0.4, 0.5) is 10.1 Å². The van der Waals surface area contributed by atoms with E-state index in [1.165, 1.54) is 34.6 Å². The number of halogens is 1. The van der Waals surface area contributed by atoms with E-state index in [1.54, 1.807) is 18.2 Å². The Morgan fingerprint density at radius 2 is 1.61 bits per heavy atom. The molecule has 0 spiro atoms. The van der Waals surface area contributed by atoms with Gasteiger partial charge in [0, 0.05) is 24.3 Å². The fourth-order valence-corrected chi connectivity index (χ4v) is 6.18. The number of rotatable bonds is 7. The fourth-order valence-electron chi connectivity index (χ4n) is 4.67. The van der Waals surface area contributed by atoms with Crippen LogP contribution < -0.4 is 5.32 Å². The molecule has 1 aliphatic heterocycles. The zero-order chi connectivity index (χ0) is 23.5. The quantitative estimate of drug-likeness (QED) is 0.619. The summed E-state index contributed by atoms with van der Waals surface area (Å²) in [7, 11) is -3.53. The lowest BCUT2D eigenvalue weighted by molar-refractivity contribution is -0.153. The normalized spacial score (nSPS) is 18.2. The van der Waals surface area contributed by atoms with E-state index in [0.29, 0.717) is 37.2 Å². The van der Waals surface area contributed by atoms with Gasteiger partial charge in [-0.25, -0.2) is 12.8 Å². The second-order valence-electron chi connectivity index (χ2n) is 8.53. The fraction of sp³-hybridized carbons (Fsp3) is 0.417. The number of ether oxygens (including phenoxy) is 1. The molecule has 2 aromatic carbocycles. The van der Waals surface area contributed by atoms with Crippen LogP contribution in [-0.4, -0.2) is 44.3 Å². The van der Waals surface area contributed by atoms with Crippen LogP contribution in [0.25, 0.3) is 0 Å². The number of sulfonamides is 1. The number of amides is 1. The Bertz CT molecular complexity index is 1120. The Morgan fingerprint density at radius 1 is 0.970 bits per heavy atom. The van der Waals surface area contributed by atoms with Gasteiger partial charge in [-0.1, -0.05) is 31.0 Å². The monoisotopic (exact) mass is 474 g/mol. The molecule has 1 heterocycles. The van der Waals surface area contributed by atoms with Crippen LogP contribution in [0.2, 0.25) is 0 Å². The molecule has 176 valence electrons. The van der Waals surface area contributed by atoms with Crippen molar-refractivity contribution in [1.82, 2.24) is 4.31 Å². The summed E-state index contributed by atoms with van der Waals surface area (Å²) < 4.78 is 46.4. The molecule has 0 aromatic heterocycles. The predicted octanol–water partition coefficient (Wildman–Crippen LogP) is 3.60. The first-order chi connectivity index (χ1) is 15.8. The Morgan fingerprint density at radius 3 is 2.24 bits per heavy atom. The third-order valence-electron chi connectivity index (χ3n) is 6.41. The molecule has 0 bridgehead atoms. The van der Waals surface area contributed by atoms with E-state index in [1.807, 2.05) is 0 Å². The standard InChI is InChI=1S/C24H27FN2O5S/c25-21-8-2-1-7-20(21)24(13-3-4-14-24)23(29)32-17-22(28)26-18-9-11-19(12-10-18)33(30,31)27-15-5-6-16-27/h1-2,7-12H,3-6,13-17H2,(H,26,28). The highest BCUT2D eigenvalue weighted by molar-refractivity contribution is 7.89. The van der Waals surface area contributed by atoms with Crippen molar-refractivity contribution < 1.29 is 27.1 Å². The zero-order valence-corrected chi connectivity index (χ0v) is 19.1. The van der Waals surface area contributed by atoms with Gasteiger partial charge in [-0.3, -0.25) is 9.59 Å². The summed E-state index contributed by atoms with van der Waals surface area (Å²) in [6.07, 6.45) is 4.21. The molecule has 0 atom stereocenters. The highest BCUT2D eigenvalue weighted by atomic mass is 32.2. The van der Waals surface area contributed by atoms with Gasteiger partial charge >= 0.3 is 5.97 Å². The van der Waals surface area contributed by atoms with Gasteiger partial charge in [0.05, 0.1) is 10.3 Å². The number of carbonyl (C=O) groups is 2. The molecule has 2 aromatic rings. The average molecular weight is 475 g/mol. The van der Waals surface area contributed by atoms with Crippen molar-refractivity contribution >= 4 is 27.6 Å². The summed E-state index contributed by atoms with van der Waals surface area (Å²) in [4.78, 5) is 25.4. The Hall–Kier alpha value is -2.78. The van der Waals surface area contributed by atoms with E-state index in [4.69, 9.17) is 4.74 Å². The molecule has 33 heavy (non-hydrogen) atoms. The largest absolute Gasteiger partial charge is 0.455 e. The van der Waals surface area contributed by atoms with Gasteiger partial charge in [0.15, 0.2) is 6.61 Å². The molecule has 1 aliphatic carbocycles. The van der Waals surface area contributed by atoms with Gasteiger partial charge in [-0.2, -0.15) is 4.31 Å². The van der Waals surface area contributed by atoms with E-state index in [0.717, 1.165) is 25.7 Å². The van der Waals surface area contributed by atoms with E-state index in [-0.39, 0.29) is 4.90 Å². The number of hydrogen-bond donors (Lipinski definition) is 1. The van der Waals surface area contributed by atoms with Crippen molar-refractivity contribution in [3.63, 3.8) is 0 Å². The van der Waals surface area contributed by atoms with Crippen LogP contribution in [0.1, 0.15) is 44.1 Å². The molecule has 9 heteroatoms. The van der Waals surface area contributed by atoms with E-state index in [9.17, 15) is 22.4 Å². The van der Waals surface area contributed by atoms with Crippen LogP contribution >= 0.6 is 0 Å². The second-order valence-corrected chi connectivity index (χ2v) is 10.5. The van der Waals surface area contributed by atoms with Crippen LogP contribution in [-0.2, 0) is 29.8 Å². The third kappa shape index (κ3) is 4.79. The Labute approximate surface area is 193 Å². The van der Waals surface area contributed by atoms with E-state index >= 15 is 0 Å². The lowest BCUT2D eigenvalue weighted by atomic mass is 9.78. The molecule has 7 nitrogen and oxygen atoms in total. The van der Waals surface area contributed by atoms with Gasteiger partial charge < -0.3 is 10.1 Å². The van der Waals surface area contributed by atoms with Crippen LogP contribution in [0.3, 0.4) is 0 Å². The van der Waals surface area contributed by atoms with Gasteiger partial charge in [0.25, 0.3) is 5.91 Å². The molecular weight excluding hydrogens is 447 g/mol. The third-order valence-corrected chi connectivity index (χ3v) is 8.33. The molecule has 0 unspecified atom stereocenters. The smallest absolute Gasteiger partial charge is 0.317 e. The van der Waals surface area contributed by atoms with E-state index < -0.39 is 39.7 Å². The van der Waals surface area contributed by atoms with Crippen LogP contribution in [0.5, 0.6) is 0 Å². The number of carbonyl (C=O) groups excluding carboxylic acids is 2. The van der Waals surface area contributed by atoms with Crippen molar-refractivity contribution in [2.45, 2.75) is 48.8 Å². The van der Waals surface area contributed by atoms with Crippen molar-refractivity contribution in [2.24, 2.45) is 0 Å². The summed E-state index contributed by atoms with van der Waals surface area (Å²) >= 11 is 0. The van der Waals surface area contributed by atoms with E-state index in [2.05, 4.69) is 5.32 Å². The molecule has 1 saturated carbocycles. The molecule has 2 fully saturated rings. The Balaban J connectivity index is 1.37. The topological polar surface area (TPSA) is 92.8 Å². The molecule has 2 aliphatic rings. The maximum absolute atomic E-state index is 14.4. The number of anilines is 1. The lowest BCUT2D eigenvalue weighted by Gasteiger charge is -2.27. The average Bonchev–Trinajstić information content (AvgIpc) is 3.52. The number of esters is 1.